The molecule has 162 valence electrons. The highest BCUT2D eigenvalue weighted by atomic mass is 19.1. The van der Waals surface area contributed by atoms with Gasteiger partial charge in [-0.1, -0.05) is 54.6 Å². The third-order valence-corrected chi connectivity index (χ3v) is 6.49. The molecular weight excluding hydrogens is 407 g/mol. The molecule has 0 unspecified atom stereocenters. The van der Waals surface area contributed by atoms with E-state index in [4.69, 9.17) is 0 Å². The first-order valence-electron chi connectivity index (χ1n) is 10.7. The van der Waals surface area contributed by atoms with Gasteiger partial charge in [-0.25, -0.2) is 4.39 Å². The number of carbonyl (C=O) groups excluding carboxylic acids is 2. The summed E-state index contributed by atoms with van der Waals surface area (Å²) >= 11 is 0. The number of fused-ring (bicyclic) bond motifs is 3. The van der Waals surface area contributed by atoms with E-state index in [2.05, 4.69) is 0 Å². The van der Waals surface area contributed by atoms with Crippen LogP contribution >= 0.6 is 0 Å². The Hall–Kier alpha value is -3.51. The van der Waals surface area contributed by atoms with Crippen LogP contribution in [0.3, 0.4) is 0 Å². The Morgan fingerprint density at radius 1 is 0.969 bits per heavy atom. The number of anilines is 1. The summed E-state index contributed by atoms with van der Waals surface area (Å²) in [6.45, 7) is 0.155. The van der Waals surface area contributed by atoms with Crippen molar-refractivity contribution in [1.82, 2.24) is 4.90 Å². The molecule has 32 heavy (non-hydrogen) atoms. The van der Waals surface area contributed by atoms with Gasteiger partial charge in [0.25, 0.3) is 5.91 Å². The molecule has 0 bridgehead atoms. The van der Waals surface area contributed by atoms with E-state index in [-0.39, 0.29) is 48.4 Å². The average molecular weight is 430 g/mol. The number of hydrogen-bond acceptors (Lipinski definition) is 3. The molecule has 0 aromatic heterocycles. The number of para-hydroxylation sites is 1. The van der Waals surface area contributed by atoms with Gasteiger partial charge in [-0.2, -0.15) is 0 Å². The number of amides is 2. The van der Waals surface area contributed by atoms with Crippen molar-refractivity contribution in [3.63, 3.8) is 0 Å². The number of hydrogen-bond donors (Lipinski definition) is 1. The average Bonchev–Trinajstić information content (AvgIpc) is 2.79. The van der Waals surface area contributed by atoms with Crippen LogP contribution in [0.25, 0.3) is 0 Å². The minimum Gasteiger partial charge on any atom is -0.394 e. The quantitative estimate of drug-likeness (QED) is 0.690. The summed E-state index contributed by atoms with van der Waals surface area (Å²) in [7, 11) is 0. The van der Waals surface area contributed by atoms with E-state index < -0.39 is 5.82 Å². The zero-order chi connectivity index (χ0) is 22.2. The number of likely N-dealkylation sites (tertiary alicyclic amines) is 1. The summed E-state index contributed by atoms with van der Waals surface area (Å²) < 4.78 is 13.8. The normalized spacial score (nSPS) is 21.4. The van der Waals surface area contributed by atoms with Crippen molar-refractivity contribution in [2.75, 3.05) is 18.1 Å². The van der Waals surface area contributed by atoms with Gasteiger partial charge in [0, 0.05) is 23.7 Å². The first-order valence-corrected chi connectivity index (χ1v) is 10.7. The molecule has 5 nitrogen and oxygen atoms in total. The van der Waals surface area contributed by atoms with Gasteiger partial charge in [0.2, 0.25) is 5.91 Å². The van der Waals surface area contributed by atoms with Gasteiger partial charge >= 0.3 is 0 Å². The van der Waals surface area contributed by atoms with Crippen molar-refractivity contribution in [1.29, 1.82) is 0 Å². The highest BCUT2D eigenvalue weighted by Crippen LogP contribution is 2.48. The zero-order valence-electron chi connectivity index (χ0n) is 17.4. The molecule has 3 atom stereocenters. The fourth-order valence-corrected chi connectivity index (χ4v) is 5.07. The van der Waals surface area contributed by atoms with Gasteiger partial charge in [-0.3, -0.25) is 9.59 Å². The molecule has 0 radical (unpaired) electrons. The second-order valence-corrected chi connectivity index (χ2v) is 8.29. The number of halogens is 1. The Kier molecular flexibility index (Phi) is 5.23. The smallest absolute Gasteiger partial charge is 0.258 e. The lowest BCUT2D eigenvalue weighted by molar-refractivity contribution is -0.149. The summed E-state index contributed by atoms with van der Waals surface area (Å²) in [5.41, 5.74) is 2.84. The van der Waals surface area contributed by atoms with Crippen LogP contribution in [0.1, 0.15) is 27.4 Å². The van der Waals surface area contributed by atoms with E-state index in [1.807, 2.05) is 54.6 Å². The predicted octanol–water partition coefficient (Wildman–Crippen LogP) is 3.38. The molecule has 2 aliphatic heterocycles. The highest BCUT2D eigenvalue weighted by molar-refractivity contribution is 6.07. The molecule has 1 saturated heterocycles. The van der Waals surface area contributed by atoms with Gasteiger partial charge in [-0.15, -0.1) is 0 Å². The second kappa shape index (κ2) is 8.20. The van der Waals surface area contributed by atoms with Crippen LogP contribution < -0.4 is 4.90 Å². The molecule has 2 heterocycles. The maximum Gasteiger partial charge on any atom is 0.258 e. The Bertz CT molecular complexity index is 1170. The van der Waals surface area contributed by atoms with Crippen LogP contribution in [-0.2, 0) is 11.2 Å². The van der Waals surface area contributed by atoms with Crippen LogP contribution in [0.2, 0.25) is 0 Å². The molecule has 0 aliphatic carbocycles. The van der Waals surface area contributed by atoms with E-state index in [0.29, 0.717) is 6.54 Å². The molecule has 2 amide bonds. The molecule has 0 spiro atoms. The van der Waals surface area contributed by atoms with Crippen molar-refractivity contribution in [2.45, 2.75) is 24.4 Å². The van der Waals surface area contributed by atoms with E-state index in [0.717, 1.165) is 16.8 Å². The van der Waals surface area contributed by atoms with Gasteiger partial charge in [0.1, 0.15) is 5.82 Å². The minimum absolute atomic E-state index is 0.0486. The molecule has 3 aromatic rings. The Labute approximate surface area is 185 Å². The fraction of sp³-hybridized carbons (Fsp3) is 0.231. The van der Waals surface area contributed by atoms with Crippen molar-refractivity contribution in [3.05, 3.63) is 101 Å². The summed E-state index contributed by atoms with van der Waals surface area (Å²) in [5, 5.41) is 10.1. The van der Waals surface area contributed by atoms with Crippen LogP contribution in [0, 0.1) is 5.82 Å². The van der Waals surface area contributed by atoms with Crippen LogP contribution in [0.5, 0.6) is 0 Å². The van der Waals surface area contributed by atoms with E-state index in [9.17, 15) is 19.1 Å². The van der Waals surface area contributed by atoms with Gasteiger partial charge in [-0.05, 0) is 35.4 Å². The lowest BCUT2D eigenvalue weighted by Crippen LogP contribution is -2.71. The largest absolute Gasteiger partial charge is 0.394 e. The number of nitrogens with zero attached hydrogens (tertiary/aromatic N) is 2. The predicted molar refractivity (Wildman–Crippen MR) is 119 cm³/mol. The van der Waals surface area contributed by atoms with Crippen molar-refractivity contribution >= 4 is 17.5 Å². The molecule has 3 aromatic carbocycles. The van der Waals surface area contributed by atoms with Crippen LogP contribution in [0.15, 0.2) is 78.9 Å². The Morgan fingerprint density at radius 2 is 1.72 bits per heavy atom. The number of benzene rings is 3. The monoisotopic (exact) mass is 430 g/mol. The molecular formula is C26H23FN2O3. The first-order chi connectivity index (χ1) is 15.6. The summed E-state index contributed by atoms with van der Waals surface area (Å²) in [4.78, 5) is 29.8. The topological polar surface area (TPSA) is 60.9 Å². The summed E-state index contributed by atoms with van der Waals surface area (Å²) in [6, 6.07) is 22.1. The SMILES string of the molecule is O=C(c1cccc(F)c1)N1C[C@@H]2[C@H](c3ccccc31)[C@H](CO)N2C(=O)Cc1ccccc1. The fourth-order valence-electron chi connectivity index (χ4n) is 5.07. The Morgan fingerprint density at radius 3 is 2.47 bits per heavy atom. The van der Waals surface area contributed by atoms with Crippen LogP contribution in [0.4, 0.5) is 10.1 Å². The summed E-state index contributed by atoms with van der Waals surface area (Å²) in [6.07, 6.45) is 0.236. The minimum atomic E-state index is -0.470. The molecule has 1 N–H and O–H groups in total. The van der Waals surface area contributed by atoms with E-state index in [1.165, 1.54) is 18.2 Å². The van der Waals surface area contributed by atoms with E-state index >= 15 is 0 Å². The maximum atomic E-state index is 13.8. The standard InChI is InChI=1S/C26H23FN2O3/c27-19-10-6-9-18(14-19)26(32)28-15-22-25(20-11-4-5-12-21(20)28)23(16-30)29(22)24(31)13-17-7-2-1-3-8-17/h1-12,14,22-23,25,30H,13,15-16H2/t22-,23+,25+/m1/s1. The summed E-state index contributed by atoms with van der Waals surface area (Å²) in [5.74, 6) is -0.900. The number of rotatable bonds is 4. The lowest BCUT2D eigenvalue weighted by Gasteiger charge is -2.59. The third kappa shape index (κ3) is 3.37. The first kappa shape index (κ1) is 20.4. The van der Waals surface area contributed by atoms with Gasteiger partial charge in [0.05, 0.1) is 25.1 Å². The zero-order valence-corrected chi connectivity index (χ0v) is 17.4. The highest BCUT2D eigenvalue weighted by Gasteiger charge is 2.55. The number of aliphatic hydroxyl groups is 1. The van der Waals surface area contributed by atoms with E-state index in [1.54, 1.807) is 15.9 Å². The van der Waals surface area contributed by atoms with Gasteiger partial charge < -0.3 is 14.9 Å². The third-order valence-electron chi connectivity index (χ3n) is 6.49. The van der Waals surface area contributed by atoms with Crippen molar-refractivity contribution in [2.24, 2.45) is 0 Å². The van der Waals surface area contributed by atoms with Crippen molar-refractivity contribution < 1.29 is 19.1 Å². The lowest BCUT2D eigenvalue weighted by atomic mass is 9.71. The number of carbonyl (C=O) groups is 2. The molecule has 5 rings (SSSR count). The number of aliphatic hydroxyl groups excluding tert-OH is 1. The molecule has 2 aliphatic rings. The molecule has 0 saturated carbocycles. The van der Waals surface area contributed by atoms with Gasteiger partial charge in [0.15, 0.2) is 0 Å². The Balaban J connectivity index is 1.48. The molecule has 1 fully saturated rings. The van der Waals surface area contributed by atoms with Crippen LogP contribution in [-0.4, -0.2) is 47.1 Å². The van der Waals surface area contributed by atoms with Crippen molar-refractivity contribution in [3.8, 4) is 0 Å². The maximum absolute atomic E-state index is 13.8. The molecule has 6 heteroatoms. The second-order valence-electron chi connectivity index (χ2n) is 8.29.